The van der Waals surface area contributed by atoms with E-state index >= 15 is 0 Å². The number of nitrogens with zero attached hydrogens (tertiary/aromatic N) is 5. The molecule has 0 N–H and O–H groups in total. The Bertz CT molecular complexity index is 1020. The lowest BCUT2D eigenvalue weighted by Crippen LogP contribution is -2.28. The Morgan fingerprint density at radius 2 is 1.89 bits per heavy atom. The summed E-state index contributed by atoms with van der Waals surface area (Å²) in [5.74, 6) is -0.764. The van der Waals surface area contributed by atoms with E-state index in [4.69, 9.17) is 0 Å². The van der Waals surface area contributed by atoms with Gasteiger partial charge in [0.05, 0.1) is 12.2 Å². The highest BCUT2D eigenvalue weighted by Gasteiger charge is 2.28. The van der Waals surface area contributed by atoms with Crippen LogP contribution in [-0.2, 0) is 6.54 Å². The molecule has 0 unspecified atom stereocenters. The molecule has 28 heavy (non-hydrogen) atoms. The second-order valence-electron chi connectivity index (χ2n) is 5.59. The summed E-state index contributed by atoms with van der Waals surface area (Å²) in [5, 5.41) is 15.4. The van der Waals surface area contributed by atoms with Crippen molar-refractivity contribution in [3.05, 3.63) is 69.9 Å². The molecule has 3 aromatic heterocycles. The molecule has 0 aliphatic rings. The fourth-order valence-electron chi connectivity index (χ4n) is 2.22. The maximum atomic E-state index is 13.3. The summed E-state index contributed by atoms with van der Waals surface area (Å²) < 4.78 is 55.4. The smallest absolute Gasteiger partial charge is 0.422 e. The number of aromatic nitrogens is 5. The number of ether oxygens (including phenoxy) is 1. The van der Waals surface area contributed by atoms with Gasteiger partial charge in [0.2, 0.25) is 6.20 Å². The normalized spacial score (nSPS) is 11.4. The van der Waals surface area contributed by atoms with Crippen LogP contribution in [0.2, 0.25) is 0 Å². The number of alkyl halides is 3. The zero-order valence-corrected chi connectivity index (χ0v) is 13.9. The van der Waals surface area contributed by atoms with E-state index in [1.54, 1.807) is 0 Å². The molecule has 12 heteroatoms. The van der Waals surface area contributed by atoms with Crippen molar-refractivity contribution in [2.45, 2.75) is 12.7 Å². The van der Waals surface area contributed by atoms with Crippen molar-refractivity contribution in [3.63, 3.8) is 0 Å². The Morgan fingerprint density at radius 1 is 1.18 bits per heavy atom. The summed E-state index contributed by atoms with van der Waals surface area (Å²) in [6, 6.07) is 3.19. The molecule has 0 saturated heterocycles. The Kier molecular flexibility index (Phi) is 5.20. The number of pyridine rings is 1. The second-order valence-corrected chi connectivity index (χ2v) is 5.59. The van der Waals surface area contributed by atoms with Crippen LogP contribution in [0, 0.1) is 11.0 Å². The predicted molar refractivity (Wildman–Crippen MR) is 85.5 cm³/mol. The minimum Gasteiger partial charge on any atom is -0.619 e. The van der Waals surface area contributed by atoms with Gasteiger partial charge in [0.15, 0.2) is 18.6 Å². The van der Waals surface area contributed by atoms with Gasteiger partial charge in [-0.2, -0.15) is 23.0 Å². The molecule has 0 aliphatic carbocycles. The average Bonchev–Trinajstić information content (AvgIpc) is 2.61. The van der Waals surface area contributed by atoms with Gasteiger partial charge in [0.1, 0.15) is 0 Å². The van der Waals surface area contributed by atoms with E-state index in [0.717, 1.165) is 23.1 Å². The summed E-state index contributed by atoms with van der Waals surface area (Å²) in [6.07, 6.45) is -0.318. The third-order valence-corrected chi connectivity index (χ3v) is 3.35. The van der Waals surface area contributed by atoms with Gasteiger partial charge < -0.3 is 9.94 Å². The van der Waals surface area contributed by atoms with Crippen LogP contribution >= 0.6 is 0 Å². The fourth-order valence-corrected chi connectivity index (χ4v) is 2.22. The molecule has 3 rings (SSSR count). The van der Waals surface area contributed by atoms with Gasteiger partial charge >= 0.3 is 12.2 Å². The molecule has 0 atom stereocenters. The van der Waals surface area contributed by atoms with E-state index in [1.807, 2.05) is 0 Å². The highest BCUT2D eigenvalue weighted by atomic mass is 19.4. The molecule has 0 aliphatic heterocycles. The van der Waals surface area contributed by atoms with Crippen LogP contribution in [0.3, 0.4) is 0 Å². The van der Waals surface area contributed by atoms with Crippen molar-refractivity contribution in [3.8, 4) is 17.3 Å². The van der Waals surface area contributed by atoms with Gasteiger partial charge in [-0.3, -0.25) is 4.79 Å². The van der Waals surface area contributed by atoms with Gasteiger partial charge in [0, 0.05) is 29.6 Å². The molecule has 0 spiro atoms. The minimum absolute atomic E-state index is 0.166. The minimum atomic E-state index is -4.52. The lowest BCUT2D eigenvalue weighted by atomic mass is 10.2. The van der Waals surface area contributed by atoms with Crippen molar-refractivity contribution >= 4 is 0 Å². The van der Waals surface area contributed by atoms with Crippen molar-refractivity contribution in [2.75, 3.05) is 6.61 Å². The molecule has 0 bridgehead atoms. The summed E-state index contributed by atoms with van der Waals surface area (Å²) in [5.41, 5.74) is 0.269. The SMILES string of the molecule is O=c1ccc(-c2cnc(OCC(F)(F)F)nc2)nn1Cc1cc(F)c[n+]([O-])c1. The number of rotatable bonds is 5. The van der Waals surface area contributed by atoms with Crippen molar-refractivity contribution in [1.29, 1.82) is 0 Å². The molecule has 8 nitrogen and oxygen atoms in total. The molecule has 0 aromatic carbocycles. The number of hydrogen-bond acceptors (Lipinski definition) is 6. The largest absolute Gasteiger partial charge is 0.619 e. The van der Waals surface area contributed by atoms with E-state index < -0.39 is 30.2 Å². The highest BCUT2D eigenvalue weighted by molar-refractivity contribution is 5.55. The van der Waals surface area contributed by atoms with Crippen molar-refractivity contribution in [1.82, 2.24) is 19.7 Å². The summed E-state index contributed by atoms with van der Waals surface area (Å²) >= 11 is 0. The van der Waals surface area contributed by atoms with Crippen LogP contribution in [0.5, 0.6) is 6.01 Å². The van der Waals surface area contributed by atoms with Crippen LogP contribution in [0.25, 0.3) is 11.3 Å². The summed E-state index contributed by atoms with van der Waals surface area (Å²) in [4.78, 5) is 19.3. The second kappa shape index (κ2) is 7.58. The zero-order valence-electron chi connectivity index (χ0n) is 13.9. The van der Waals surface area contributed by atoms with Crippen LogP contribution in [0.1, 0.15) is 5.56 Å². The fraction of sp³-hybridized carbons (Fsp3) is 0.188. The Hall–Kier alpha value is -3.57. The summed E-state index contributed by atoms with van der Waals surface area (Å²) in [6.45, 7) is -1.69. The van der Waals surface area contributed by atoms with Crippen LogP contribution in [0.15, 0.2) is 47.8 Å². The number of halogens is 4. The highest BCUT2D eigenvalue weighted by Crippen LogP contribution is 2.18. The first kappa shape index (κ1) is 19.2. The maximum absolute atomic E-state index is 13.3. The average molecular weight is 397 g/mol. The zero-order chi connectivity index (χ0) is 20.3. The predicted octanol–water partition coefficient (Wildman–Crippen LogP) is 1.46. The topological polar surface area (TPSA) is 96.8 Å². The van der Waals surface area contributed by atoms with Crippen LogP contribution in [0.4, 0.5) is 17.6 Å². The molecule has 3 aromatic rings. The van der Waals surface area contributed by atoms with Crippen molar-refractivity contribution < 1.29 is 27.0 Å². The molecule has 0 amide bonds. The van der Waals surface area contributed by atoms with E-state index in [1.165, 1.54) is 24.5 Å². The lowest BCUT2D eigenvalue weighted by Gasteiger charge is -2.09. The van der Waals surface area contributed by atoms with Gasteiger partial charge in [-0.1, -0.05) is 0 Å². The molecule has 0 saturated carbocycles. The molecule has 3 heterocycles. The quantitative estimate of drug-likeness (QED) is 0.367. The first-order valence-corrected chi connectivity index (χ1v) is 7.68. The molecule has 146 valence electrons. The third kappa shape index (κ3) is 4.99. The van der Waals surface area contributed by atoms with Gasteiger partial charge in [-0.05, 0) is 12.1 Å². The number of hydrogen-bond donors (Lipinski definition) is 0. The van der Waals surface area contributed by atoms with E-state index in [9.17, 15) is 27.6 Å². The molecular formula is C16H11F4N5O3. The van der Waals surface area contributed by atoms with Gasteiger partial charge in [-0.25, -0.2) is 19.0 Å². The van der Waals surface area contributed by atoms with Crippen LogP contribution < -0.4 is 15.0 Å². The van der Waals surface area contributed by atoms with E-state index in [-0.39, 0.29) is 22.5 Å². The summed E-state index contributed by atoms with van der Waals surface area (Å²) in [7, 11) is 0. The Morgan fingerprint density at radius 3 is 2.54 bits per heavy atom. The monoisotopic (exact) mass is 397 g/mol. The van der Waals surface area contributed by atoms with Gasteiger partial charge in [-0.15, -0.1) is 0 Å². The first-order chi connectivity index (χ1) is 13.2. The van der Waals surface area contributed by atoms with E-state index in [0.29, 0.717) is 5.56 Å². The lowest BCUT2D eigenvalue weighted by molar-refractivity contribution is -0.607. The van der Waals surface area contributed by atoms with Crippen LogP contribution in [-0.4, -0.2) is 32.5 Å². The van der Waals surface area contributed by atoms with Gasteiger partial charge in [0.25, 0.3) is 5.56 Å². The first-order valence-electron chi connectivity index (χ1n) is 7.68. The molecular weight excluding hydrogens is 386 g/mol. The Labute approximate surface area is 154 Å². The maximum Gasteiger partial charge on any atom is 0.422 e. The molecule has 0 radical (unpaired) electrons. The Balaban J connectivity index is 1.82. The standard InChI is InChI=1S/C16H11F4N5O3/c17-12-3-10(6-24(27)8-12)7-25-14(26)2-1-13(23-25)11-4-21-15(22-5-11)28-9-16(18,19)20/h1-6,8H,7,9H2. The van der Waals surface area contributed by atoms with E-state index in [2.05, 4.69) is 19.8 Å². The van der Waals surface area contributed by atoms with Crippen molar-refractivity contribution in [2.24, 2.45) is 0 Å². The third-order valence-electron chi connectivity index (χ3n) is 3.35. The molecule has 0 fully saturated rings.